The van der Waals surface area contributed by atoms with Gasteiger partial charge < -0.3 is 10.8 Å². The van der Waals surface area contributed by atoms with Crippen molar-refractivity contribution in [3.8, 4) is 0 Å². The number of aromatic nitrogens is 4. The molecule has 7 heteroatoms. The van der Waals surface area contributed by atoms with E-state index in [0.717, 1.165) is 23.6 Å². The topological polar surface area (TPSA) is 89.8 Å². The minimum atomic E-state index is -0.615. The average Bonchev–Trinajstić information content (AvgIpc) is 3.15. The van der Waals surface area contributed by atoms with Gasteiger partial charge in [0.25, 0.3) is 0 Å². The van der Waals surface area contributed by atoms with E-state index < -0.39 is 6.10 Å². The molecule has 1 unspecified atom stereocenters. The Morgan fingerprint density at radius 3 is 2.95 bits per heavy atom. The average molecular weight is 277 g/mol. The fraction of sp³-hybridized carbons (Fsp3) is 0.417. The van der Waals surface area contributed by atoms with Crippen molar-refractivity contribution in [2.24, 2.45) is 0 Å². The molecule has 3 rings (SSSR count). The summed E-state index contributed by atoms with van der Waals surface area (Å²) < 4.78 is 1.84. The molecule has 1 aromatic carbocycles. The zero-order valence-electron chi connectivity index (χ0n) is 10.3. The number of benzene rings is 1. The molecule has 0 bridgehead atoms. The molecule has 0 spiro atoms. The number of aliphatic hydroxyl groups excluding tert-OH is 1. The van der Waals surface area contributed by atoms with E-state index in [1.807, 2.05) is 22.9 Å². The molecule has 0 aliphatic heterocycles. The fourth-order valence-electron chi connectivity index (χ4n) is 1.89. The molecule has 1 aromatic heterocycles. The second-order valence-electron chi connectivity index (χ2n) is 4.59. The third-order valence-corrected chi connectivity index (χ3v) is 4.09. The van der Waals surface area contributed by atoms with Crippen molar-refractivity contribution in [2.45, 2.75) is 30.1 Å². The zero-order valence-corrected chi connectivity index (χ0v) is 11.1. The normalized spacial score (nSPS) is 16.5. The number of hydrogen-bond acceptors (Lipinski definition) is 6. The number of para-hydroxylation sites is 1. The number of hydrogen-bond donors (Lipinski definition) is 2. The van der Waals surface area contributed by atoms with E-state index in [0.29, 0.717) is 17.5 Å². The Morgan fingerprint density at radius 1 is 1.42 bits per heavy atom. The Morgan fingerprint density at radius 2 is 2.21 bits per heavy atom. The molecular formula is C12H15N5OS. The van der Waals surface area contributed by atoms with Crippen LogP contribution in [0.15, 0.2) is 29.4 Å². The first kappa shape index (κ1) is 12.4. The number of nitrogen functional groups attached to an aromatic ring is 1. The first-order valence-corrected chi connectivity index (χ1v) is 7.17. The summed E-state index contributed by atoms with van der Waals surface area (Å²) in [5.74, 6) is 0.487. The number of anilines is 1. The third-order valence-electron chi connectivity index (χ3n) is 3.08. The second kappa shape index (κ2) is 5.18. The van der Waals surface area contributed by atoms with Gasteiger partial charge in [0.15, 0.2) is 0 Å². The molecule has 1 saturated carbocycles. The van der Waals surface area contributed by atoms with Crippen molar-refractivity contribution in [1.82, 2.24) is 20.2 Å². The van der Waals surface area contributed by atoms with Crippen molar-refractivity contribution in [1.29, 1.82) is 0 Å². The van der Waals surface area contributed by atoms with Gasteiger partial charge in [-0.2, -0.15) is 0 Å². The summed E-state index contributed by atoms with van der Waals surface area (Å²) in [6.45, 7) is 0. The van der Waals surface area contributed by atoms with Gasteiger partial charge in [0.05, 0.1) is 12.1 Å². The first-order chi connectivity index (χ1) is 9.25. The van der Waals surface area contributed by atoms with Crippen molar-refractivity contribution >= 4 is 17.4 Å². The predicted octanol–water partition coefficient (Wildman–Crippen LogP) is 1.42. The monoisotopic (exact) mass is 277 g/mol. The van der Waals surface area contributed by atoms with Crippen LogP contribution in [0.2, 0.25) is 0 Å². The molecule has 0 radical (unpaired) electrons. The standard InChI is InChI=1S/C12H15N5OS/c13-10-4-2-1-3-9(10)11(18)7-19-12-14-15-16-17(12)8-5-6-8/h1-4,8,11,18H,5-7,13H2. The number of thioether (sulfide) groups is 1. The molecule has 1 aliphatic carbocycles. The van der Waals surface area contributed by atoms with Gasteiger partial charge in [0, 0.05) is 17.0 Å². The lowest BCUT2D eigenvalue weighted by molar-refractivity contribution is 0.205. The van der Waals surface area contributed by atoms with Gasteiger partial charge in [-0.25, -0.2) is 4.68 Å². The summed E-state index contributed by atoms with van der Waals surface area (Å²) in [6, 6.07) is 7.79. The SMILES string of the molecule is Nc1ccccc1C(O)CSc1nnnn1C1CC1. The summed E-state index contributed by atoms with van der Waals surface area (Å²) in [4.78, 5) is 0. The van der Waals surface area contributed by atoms with Crippen LogP contribution in [0.1, 0.15) is 30.6 Å². The highest BCUT2D eigenvalue weighted by Crippen LogP contribution is 2.37. The quantitative estimate of drug-likeness (QED) is 0.634. The fourth-order valence-corrected chi connectivity index (χ4v) is 2.78. The molecule has 0 saturated heterocycles. The highest BCUT2D eigenvalue weighted by Gasteiger charge is 2.28. The highest BCUT2D eigenvalue weighted by molar-refractivity contribution is 7.99. The zero-order chi connectivity index (χ0) is 13.2. The molecule has 1 fully saturated rings. The van der Waals surface area contributed by atoms with E-state index in [4.69, 9.17) is 5.73 Å². The maximum Gasteiger partial charge on any atom is 0.209 e. The second-order valence-corrected chi connectivity index (χ2v) is 5.58. The summed E-state index contributed by atoms with van der Waals surface area (Å²) in [5, 5.41) is 22.6. The molecule has 1 atom stereocenters. The summed E-state index contributed by atoms with van der Waals surface area (Å²) in [5.41, 5.74) is 7.20. The van der Waals surface area contributed by atoms with E-state index in [2.05, 4.69) is 15.5 Å². The summed E-state index contributed by atoms with van der Waals surface area (Å²) in [7, 11) is 0. The minimum Gasteiger partial charge on any atom is -0.398 e. The summed E-state index contributed by atoms with van der Waals surface area (Å²) in [6.07, 6.45) is 1.65. The van der Waals surface area contributed by atoms with E-state index in [-0.39, 0.29) is 0 Å². The first-order valence-electron chi connectivity index (χ1n) is 6.19. The third kappa shape index (κ3) is 2.71. The number of tetrazole rings is 1. The van der Waals surface area contributed by atoms with Gasteiger partial charge >= 0.3 is 0 Å². The van der Waals surface area contributed by atoms with Crippen molar-refractivity contribution in [3.05, 3.63) is 29.8 Å². The largest absolute Gasteiger partial charge is 0.398 e. The maximum atomic E-state index is 10.2. The van der Waals surface area contributed by atoms with Crippen molar-refractivity contribution in [3.63, 3.8) is 0 Å². The van der Waals surface area contributed by atoms with Crippen molar-refractivity contribution < 1.29 is 5.11 Å². The Balaban J connectivity index is 1.65. The summed E-state index contributed by atoms with van der Waals surface area (Å²) >= 11 is 1.45. The van der Waals surface area contributed by atoms with E-state index in [1.54, 1.807) is 6.07 Å². The van der Waals surface area contributed by atoms with Gasteiger partial charge in [0.2, 0.25) is 5.16 Å². The lowest BCUT2D eigenvalue weighted by atomic mass is 10.1. The molecule has 3 N–H and O–H groups in total. The van der Waals surface area contributed by atoms with Crippen LogP contribution in [-0.4, -0.2) is 31.1 Å². The number of rotatable bonds is 5. The van der Waals surface area contributed by atoms with Gasteiger partial charge in [-0.3, -0.25) is 0 Å². The molecule has 19 heavy (non-hydrogen) atoms. The van der Waals surface area contributed by atoms with Gasteiger partial charge in [-0.1, -0.05) is 30.0 Å². The molecule has 6 nitrogen and oxygen atoms in total. The number of nitrogens with two attached hydrogens (primary N) is 1. The lowest BCUT2D eigenvalue weighted by Crippen LogP contribution is -2.06. The Hall–Kier alpha value is -1.60. The maximum absolute atomic E-state index is 10.2. The minimum absolute atomic E-state index is 0.441. The van der Waals surface area contributed by atoms with Crippen LogP contribution in [-0.2, 0) is 0 Å². The highest BCUT2D eigenvalue weighted by atomic mass is 32.2. The van der Waals surface area contributed by atoms with E-state index >= 15 is 0 Å². The van der Waals surface area contributed by atoms with Crippen LogP contribution >= 0.6 is 11.8 Å². The van der Waals surface area contributed by atoms with Crippen LogP contribution in [0.25, 0.3) is 0 Å². The molecular weight excluding hydrogens is 262 g/mol. The molecule has 0 amide bonds. The Bertz CT molecular complexity index is 569. The van der Waals surface area contributed by atoms with Crippen molar-refractivity contribution in [2.75, 3.05) is 11.5 Å². The van der Waals surface area contributed by atoms with Crippen LogP contribution in [0.4, 0.5) is 5.69 Å². The van der Waals surface area contributed by atoms with Crippen LogP contribution in [0.3, 0.4) is 0 Å². The van der Waals surface area contributed by atoms with Crippen LogP contribution < -0.4 is 5.73 Å². The van der Waals surface area contributed by atoms with Gasteiger partial charge in [-0.05, 0) is 29.3 Å². The predicted molar refractivity (Wildman–Crippen MR) is 72.6 cm³/mol. The molecule has 2 aromatic rings. The van der Waals surface area contributed by atoms with Crippen LogP contribution in [0.5, 0.6) is 0 Å². The smallest absolute Gasteiger partial charge is 0.209 e. The van der Waals surface area contributed by atoms with E-state index in [1.165, 1.54) is 11.8 Å². The van der Waals surface area contributed by atoms with E-state index in [9.17, 15) is 5.11 Å². The molecule has 100 valence electrons. The van der Waals surface area contributed by atoms with Gasteiger partial charge in [0.1, 0.15) is 0 Å². The van der Waals surface area contributed by atoms with Gasteiger partial charge in [-0.15, -0.1) is 5.10 Å². The Kier molecular flexibility index (Phi) is 3.39. The van der Waals surface area contributed by atoms with Crippen LogP contribution in [0, 0.1) is 0 Å². The number of nitrogens with zero attached hydrogens (tertiary/aromatic N) is 4. The molecule has 1 heterocycles. The number of aliphatic hydroxyl groups is 1. The lowest BCUT2D eigenvalue weighted by Gasteiger charge is -2.12. The molecule has 1 aliphatic rings. The Labute approximate surface area is 115 Å².